The van der Waals surface area contributed by atoms with Crippen molar-refractivity contribution in [3.05, 3.63) is 0 Å². The maximum atomic E-state index is 6.45. The van der Waals surface area contributed by atoms with Crippen molar-refractivity contribution < 1.29 is 4.74 Å². The van der Waals surface area contributed by atoms with Crippen molar-refractivity contribution in [2.75, 3.05) is 13.2 Å². The molecule has 0 spiro atoms. The van der Waals surface area contributed by atoms with Gasteiger partial charge in [-0.2, -0.15) is 0 Å². The molecule has 2 bridgehead atoms. The van der Waals surface area contributed by atoms with Crippen molar-refractivity contribution >= 4 is 0 Å². The molecule has 2 nitrogen and oxygen atoms in total. The van der Waals surface area contributed by atoms with Gasteiger partial charge in [0.15, 0.2) is 0 Å². The van der Waals surface area contributed by atoms with Crippen LogP contribution in [-0.2, 0) is 4.74 Å². The lowest BCUT2D eigenvalue weighted by molar-refractivity contribution is 0.0231. The Hall–Kier alpha value is -0.0800. The van der Waals surface area contributed by atoms with E-state index in [9.17, 15) is 0 Å². The zero-order valence-electron chi connectivity index (χ0n) is 9.58. The van der Waals surface area contributed by atoms with Gasteiger partial charge in [-0.1, -0.05) is 6.42 Å². The highest BCUT2D eigenvalue weighted by Gasteiger charge is 2.43. The minimum absolute atomic E-state index is 0.0212. The number of hydrogen-bond acceptors (Lipinski definition) is 2. The van der Waals surface area contributed by atoms with Gasteiger partial charge in [0.2, 0.25) is 0 Å². The molecule has 2 saturated carbocycles. The quantitative estimate of drug-likeness (QED) is 0.757. The van der Waals surface area contributed by atoms with Crippen molar-refractivity contribution in [1.82, 2.24) is 0 Å². The molecular formula is C13H23NO. The number of fused-ring (bicyclic) bond motifs is 2. The van der Waals surface area contributed by atoms with Gasteiger partial charge in [-0.25, -0.2) is 0 Å². The Morgan fingerprint density at radius 1 is 1.27 bits per heavy atom. The van der Waals surface area contributed by atoms with Gasteiger partial charge in [-0.05, 0) is 56.3 Å². The summed E-state index contributed by atoms with van der Waals surface area (Å²) in [5.41, 5.74) is 6.47. The summed E-state index contributed by atoms with van der Waals surface area (Å²) in [5, 5.41) is 0. The molecule has 1 aliphatic heterocycles. The van der Waals surface area contributed by atoms with Crippen LogP contribution in [0.1, 0.15) is 44.9 Å². The fourth-order valence-electron chi connectivity index (χ4n) is 4.18. The van der Waals surface area contributed by atoms with Crippen molar-refractivity contribution in [1.29, 1.82) is 0 Å². The summed E-state index contributed by atoms with van der Waals surface area (Å²) >= 11 is 0. The Labute approximate surface area is 92.6 Å². The highest BCUT2D eigenvalue weighted by molar-refractivity contribution is 4.96. The summed E-state index contributed by atoms with van der Waals surface area (Å²) in [4.78, 5) is 0. The summed E-state index contributed by atoms with van der Waals surface area (Å²) in [7, 11) is 0. The molecule has 3 aliphatic rings. The minimum Gasteiger partial charge on any atom is -0.380 e. The molecule has 0 aromatic heterocycles. The molecule has 15 heavy (non-hydrogen) atoms. The molecular weight excluding hydrogens is 186 g/mol. The Morgan fingerprint density at radius 3 is 2.80 bits per heavy atom. The van der Waals surface area contributed by atoms with E-state index in [-0.39, 0.29) is 5.54 Å². The van der Waals surface area contributed by atoms with E-state index in [0.29, 0.717) is 0 Å². The maximum Gasteiger partial charge on any atom is 0.0646 e. The van der Waals surface area contributed by atoms with Crippen LogP contribution < -0.4 is 5.73 Å². The van der Waals surface area contributed by atoms with E-state index < -0.39 is 0 Å². The van der Waals surface area contributed by atoms with Crippen LogP contribution in [0.4, 0.5) is 0 Å². The fourth-order valence-corrected chi connectivity index (χ4v) is 4.18. The van der Waals surface area contributed by atoms with Gasteiger partial charge >= 0.3 is 0 Å². The molecule has 4 atom stereocenters. The molecule has 1 heterocycles. The van der Waals surface area contributed by atoms with Crippen molar-refractivity contribution in [3.8, 4) is 0 Å². The highest BCUT2D eigenvalue weighted by atomic mass is 16.5. The van der Waals surface area contributed by atoms with E-state index in [4.69, 9.17) is 10.5 Å². The van der Waals surface area contributed by atoms with Gasteiger partial charge in [0.1, 0.15) is 0 Å². The molecule has 0 amide bonds. The van der Waals surface area contributed by atoms with Crippen LogP contribution >= 0.6 is 0 Å². The Kier molecular flexibility index (Phi) is 2.52. The lowest BCUT2D eigenvalue weighted by Gasteiger charge is -2.37. The third-order valence-corrected chi connectivity index (χ3v) is 4.91. The predicted molar refractivity (Wildman–Crippen MR) is 60.5 cm³/mol. The van der Waals surface area contributed by atoms with Crippen LogP contribution in [-0.4, -0.2) is 18.8 Å². The van der Waals surface area contributed by atoms with Crippen LogP contribution in [0.5, 0.6) is 0 Å². The number of ether oxygens (including phenoxy) is 1. The highest BCUT2D eigenvalue weighted by Crippen LogP contribution is 2.51. The van der Waals surface area contributed by atoms with E-state index in [1.165, 1.54) is 38.5 Å². The van der Waals surface area contributed by atoms with E-state index in [2.05, 4.69) is 0 Å². The van der Waals surface area contributed by atoms with Crippen LogP contribution in [0.2, 0.25) is 0 Å². The third-order valence-electron chi connectivity index (χ3n) is 4.91. The molecule has 2 aliphatic carbocycles. The summed E-state index contributed by atoms with van der Waals surface area (Å²) in [5.74, 6) is 2.99. The maximum absolute atomic E-state index is 6.45. The second-order valence-corrected chi connectivity index (χ2v) is 6.16. The standard InChI is InChI=1S/C13H23NO/c14-13(4-1-5-15-9-13)8-12-7-10-2-3-11(12)6-10/h10-12H,1-9,14H2. The fraction of sp³-hybridized carbons (Fsp3) is 1.00. The second-order valence-electron chi connectivity index (χ2n) is 6.16. The molecule has 4 unspecified atom stereocenters. The molecule has 0 aromatic rings. The molecule has 1 saturated heterocycles. The predicted octanol–water partition coefficient (Wildman–Crippen LogP) is 2.32. The van der Waals surface area contributed by atoms with E-state index in [0.717, 1.165) is 37.4 Å². The lowest BCUT2D eigenvalue weighted by Crippen LogP contribution is -2.49. The normalized spacial score (nSPS) is 49.8. The first-order chi connectivity index (χ1) is 7.25. The topological polar surface area (TPSA) is 35.2 Å². The average molecular weight is 209 g/mol. The zero-order chi connectivity index (χ0) is 10.3. The zero-order valence-corrected chi connectivity index (χ0v) is 9.58. The first-order valence-electron chi connectivity index (χ1n) is 6.62. The molecule has 2 heteroatoms. The first-order valence-corrected chi connectivity index (χ1v) is 6.62. The van der Waals surface area contributed by atoms with Crippen molar-refractivity contribution in [2.45, 2.75) is 50.5 Å². The Morgan fingerprint density at radius 2 is 2.20 bits per heavy atom. The second kappa shape index (κ2) is 3.74. The molecule has 3 fully saturated rings. The average Bonchev–Trinajstić information content (AvgIpc) is 2.79. The van der Waals surface area contributed by atoms with Crippen molar-refractivity contribution in [3.63, 3.8) is 0 Å². The molecule has 0 radical (unpaired) electrons. The molecule has 2 N–H and O–H groups in total. The minimum atomic E-state index is 0.0212. The van der Waals surface area contributed by atoms with Crippen molar-refractivity contribution in [2.24, 2.45) is 23.5 Å². The summed E-state index contributed by atoms with van der Waals surface area (Å²) in [6, 6.07) is 0. The molecule has 0 aromatic carbocycles. The Bertz CT molecular complexity index is 235. The van der Waals surface area contributed by atoms with Gasteiger partial charge < -0.3 is 10.5 Å². The van der Waals surface area contributed by atoms with Crippen LogP contribution in [0.15, 0.2) is 0 Å². The first kappa shape index (κ1) is 10.1. The largest absolute Gasteiger partial charge is 0.380 e. The van der Waals surface area contributed by atoms with E-state index in [1.54, 1.807) is 0 Å². The summed E-state index contributed by atoms with van der Waals surface area (Å²) < 4.78 is 5.55. The Balaban J connectivity index is 1.60. The number of hydrogen-bond donors (Lipinski definition) is 1. The van der Waals surface area contributed by atoms with Gasteiger partial charge in [-0.3, -0.25) is 0 Å². The van der Waals surface area contributed by atoms with Gasteiger partial charge in [0.25, 0.3) is 0 Å². The monoisotopic (exact) mass is 209 g/mol. The van der Waals surface area contributed by atoms with Crippen LogP contribution in [0.25, 0.3) is 0 Å². The SMILES string of the molecule is NC1(CC2CC3CCC2C3)CCCOC1. The third kappa shape index (κ3) is 1.94. The van der Waals surface area contributed by atoms with E-state index in [1.807, 2.05) is 0 Å². The van der Waals surface area contributed by atoms with Gasteiger partial charge in [0, 0.05) is 12.1 Å². The number of nitrogens with two attached hydrogens (primary N) is 1. The van der Waals surface area contributed by atoms with E-state index >= 15 is 0 Å². The lowest BCUT2D eigenvalue weighted by atomic mass is 9.77. The molecule has 86 valence electrons. The molecule has 3 rings (SSSR count). The van der Waals surface area contributed by atoms with Crippen LogP contribution in [0, 0.1) is 17.8 Å². The van der Waals surface area contributed by atoms with Gasteiger partial charge in [0.05, 0.1) is 6.61 Å². The summed E-state index contributed by atoms with van der Waals surface area (Å²) in [6.07, 6.45) is 9.51. The summed E-state index contributed by atoms with van der Waals surface area (Å²) in [6.45, 7) is 1.73. The van der Waals surface area contributed by atoms with Crippen LogP contribution in [0.3, 0.4) is 0 Å². The van der Waals surface area contributed by atoms with Gasteiger partial charge in [-0.15, -0.1) is 0 Å². The number of rotatable bonds is 2. The smallest absolute Gasteiger partial charge is 0.0646 e.